The summed E-state index contributed by atoms with van der Waals surface area (Å²) in [4.78, 5) is 4.01. The van der Waals surface area contributed by atoms with Gasteiger partial charge in [-0.25, -0.2) is 0 Å². The zero-order valence-corrected chi connectivity index (χ0v) is 8.01. The minimum atomic E-state index is 0.553. The summed E-state index contributed by atoms with van der Waals surface area (Å²) in [5.41, 5.74) is 11.4. The first-order chi connectivity index (χ1) is 5.75. The van der Waals surface area contributed by atoms with Crippen molar-refractivity contribution in [3.8, 4) is 0 Å². The van der Waals surface area contributed by atoms with Crippen molar-refractivity contribution in [3.63, 3.8) is 0 Å². The Morgan fingerprint density at radius 2 is 2.50 bits per heavy atom. The molecule has 64 valence electrons. The summed E-state index contributed by atoms with van der Waals surface area (Å²) >= 11 is 1.71. The molecule has 0 aliphatic rings. The van der Waals surface area contributed by atoms with Gasteiger partial charge in [0.2, 0.25) is 5.51 Å². The lowest BCUT2D eigenvalue weighted by atomic mass is 10.3. The summed E-state index contributed by atoms with van der Waals surface area (Å²) in [5, 5.41) is 3.50. The van der Waals surface area contributed by atoms with E-state index in [9.17, 15) is 0 Å². The smallest absolute Gasteiger partial charge is 0.195 e. The van der Waals surface area contributed by atoms with Crippen molar-refractivity contribution in [2.75, 3.05) is 6.54 Å². The van der Waals surface area contributed by atoms with Gasteiger partial charge in [0.25, 0.3) is 0 Å². The van der Waals surface area contributed by atoms with Gasteiger partial charge in [-0.15, -0.1) is 0 Å². The molecule has 1 aromatic heterocycles. The number of nitrogens with zero attached hydrogens (tertiary/aromatic N) is 4. The van der Waals surface area contributed by atoms with Crippen LogP contribution in [0.4, 0.5) is 0 Å². The molecular weight excluding hydrogens is 172 g/mol. The number of aryl methyl sites for hydroxylation is 1. The first-order valence-corrected chi connectivity index (χ1v) is 4.57. The van der Waals surface area contributed by atoms with E-state index in [1.54, 1.807) is 11.3 Å². The fraction of sp³-hybridized carbons (Fsp3) is 0.571. The predicted molar refractivity (Wildman–Crippen MR) is 47.9 cm³/mol. The Bertz CT molecular complexity index is 311. The molecule has 12 heavy (non-hydrogen) atoms. The Morgan fingerprint density at radius 3 is 3.00 bits per heavy atom. The lowest BCUT2D eigenvalue weighted by Crippen LogP contribution is -2.28. The predicted octanol–water partition coefficient (Wildman–Crippen LogP) is 1.73. The average molecular weight is 183 g/mol. The van der Waals surface area contributed by atoms with Crippen LogP contribution in [0.25, 0.3) is 10.4 Å². The molecular formula is C7H11N4S+. The maximum atomic E-state index is 8.08. The highest BCUT2D eigenvalue weighted by Gasteiger charge is 2.09. The molecule has 0 bridgehead atoms. The Labute approximate surface area is 75.1 Å². The molecule has 0 aliphatic heterocycles. The summed E-state index contributed by atoms with van der Waals surface area (Å²) in [6, 6.07) is 0. The lowest BCUT2D eigenvalue weighted by molar-refractivity contribution is -0.672. The van der Waals surface area contributed by atoms with Crippen molar-refractivity contribution in [1.82, 2.24) is 0 Å². The van der Waals surface area contributed by atoms with E-state index in [2.05, 4.69) is 27.0 Å². The van der Waals surface area contributed by atoms with Gasteiger partial charge in [-0.1, -0.05) is 16.5 Å². The number of aromatic nitrogens is 1. The Balaban J connectivity index is 2.63. The molecule has 4 nitrogen and oxygen atoms in total. The highest BCUT2D eigenvalue weighted by Crippen LogP contribution is 2.10. The fourth-order valence-corrected chi connectivity index (χ4v) is 1.91. The van der Waals surface area contributed by atoms with Crippen LogP contribution in [-0.2, 0) is 13.5 Å². The van der Waals surface area contributed by atoms with Gasteiger partial charge in [-0.2, -0.15) is 4.57 Å². The van der Waals surface area contributed by atoms with Gasteiger partial charge in [0.15, 0.2) is 5.69 Å². The number of hydrogen-bond acceptors (Lipinski definition) is 2. The largest absolute Gasteiger partial charge is 0.224 e. The molecule has 0 spiro atoms. The van der Waals surface area contributed by atoms with Crippen LogP contribution in [0.3, 0.4) is 0 Å². The van der Waals surface area contributed by atoms with Crippen LogP contribution < -0.4 is 4.57 Å². The Kier molecular flexibility index (Phi) is 3.08. The second kappa shape index (κ2) is 4.09. The van der Waals surface area contributed by atoms with Gasteiger partial charge in [0.05, 0.1) is 4.88 Å². The van der Waals surface area contributed by atoms with Gasteiger partial charge in [-0.3, -0.25) is 0 Å². The lowest BCUT2D eigenvalue weighted by Gasteiger charge is -1.89. The van der Waals surface area contributed by atoms with E-state index < -0.39 is 0 Å². The summed E-state index contributed by atoms with van der Waals surface area (Å²) in [7, 11) is 2.02. The van der Waals surface area contributed by atoms with Crippen molar-refractivity contribution in [2.45, 2.75) is 13.3 Å². The third-order valence-corrected chi connectivity index (χ3v) is 2.99. The van der Waals surface area contributed by atoms with Crippen LogP contribution in [0.1, 0.15) is 10.6 Å². The van der Waals surface area contributed by atoms with Crippen molar-refractivity contribution in [2.24, 2.45) is 12.2 Å². The standard InChI is InChI=1S/C7H11N4S/c1-6-7(3-4-9-10-8)12-5-11(6)2/h5H,3-4H2,1-2H3/q+1. The maximum Gasteiger partial charge on any atom is 0.224 e. The van der Waals surface area contributed by atoms with Crippen LogP contribution >= 0.6 is 11.3 Å². The molecule has 0 aliphatic carbocycles. The molecule has 1 heterocycles. The van der Waals surface area contributed by atoms with E-state index in [0.29, 0.717) is 6.54 Å². The van der Waals surface area contributed by atoms with E-state index in [1.165, 1.54) is 10.6 Å². The fourth-order valence-electron chi connectivity index (χ4n) is 0.940. The van der Waals surface area contributed by atoms with E-state index in [-0.39, 0.29) is 0 Å². The molecule has 0 atom stereocenters. The van der Waals surface area contributed by atoms with Crippen LogP contribution in [0.15, 0.2) is 10.6 Å². The van der Waals surface area contributed by atoms with E-state index >= 15 is 0 Å². The summed E-state index contributed by atoms with van der Waals surface area (Å²) in [5.74, 6) is 0. The molecule has 0 N–H and O–H groups in total. The highest BCUT2D eigenvalue weighted by molar-refractivity contribution is 7.09. The summed E-state index contributed by atoms with van der Waals surface area (Å²) < 4.78 is 2.08. The minimum absolute atomic E-state index is 0.553. The number of rotatable bonds is 3. The molecule has 0 amide bonds. The van der Waals surface area contributed by atoms with Crippen LogP contribution in [0, 0.1) is 6.92 Å². The van der Waals surface area contributed by atoms with Crippen molar-refractivity contribution >= 4 is 11.3 Å². The second-order valence-electron chi connectivity index (χ2n) is 2.55. The summed E-state index contributed by atoms with van der Waals surface area (Å²) in [6.45, 7) is 2.62. The maximum absolute atomic E-state index is 8.08. The topological polar surface area (TPSA) is 52.6 Å². The molecule has 0 unspecified atom stereocenters. The molecule has 1 aromatic rings. The van der Waals surface area contributed by atoms with Crippen LogP contribution in [-0.4, -0.2) is 6.54 Å². The molecule has 0 saturated heterocycles. The van der Waals surface area contributed by atoms with Crippen LogP contribution in [0.5, 0.6) is 0 Å². The first kappa shape index (κ1) is 9.03. The monoisotopic (exact) mass is 183 g/mol. The number of thiazole rings is 1. The van der Waals surface area contributed by atoms with Crippen molar-refractivity contribution < 1.29 is 4.57 Å². The van der Waals surface area contributed by atoms with Crippen molar-refractivity contribution in [3.05, 3.63) is 26.5 Å². The normalized spacial score (nSPS) is 9.50. The molecule has 5 heteroatoms. The Hall–Kier alpha value is -1.06. The van der Waals surface area contributed by atoms with Gasteiger partial charge in [0.1, 0.15) is 7.05 Å². The SMILES string of the molecule is Cc1c(CCN=[N+]=[N-])sc[n+]1C. The zero-order chi connectivity index (χ0) is 8.97. The van der Waals surface area contributed by atoms with Gasteiger partial charge < -0.3 is 0 Å². The second-order valence-corrected chi connectivity index (χ2v) is 3.49. The zero-order valence-electron chi connectivity index (χ0n) is 7.19. The van der Waals surface area contributed by atoms with Crippen molar-refractivity contribution in [1.29, 1.82) is 0 Å². The van der Waals surface area contributed by atoms with Crippen LogP contribution in [0.2, 0.25) is 0 Å². The molecule has 0 saturated carbocycles. The van der Waals surface area contributed by atoms with Gasteiger partial charge >= 0.3 is 0 Å². The molecule has 1 rings (SSSR count). The number of azide groups is 1. The Morgan fingerprint density at radius 1 is 1.75 bits per heavy atom. The number of hydrogen-bond donors (Lipinski definition) is 0. The quantitative estimate of drug-likeness (QED) is 0.296. The molecule has 0 aromatic carbocycles. The van der Waals surface area contributed by atoms with Gasteiger partial charge in [-0.05, 0) is 12.0 Å². The first-order valence-electron chi connectivity index (χ1n) is 3.69. The summed E-state index contributed by atoms with van der Waals surface area (Å²) in [6.07, 6.45) is 0.849. The average Bonchev–Trinajstić information content (AvgIpc) is 2.36. The van der Waals surface area contributed by atoms with E-state index in [0.717, 1.165) is 6.42 Å². The third-order valence-electron chi connectivity index (χ3n) is 1.79. The van der Waals surface area contributed by atoms with E-state index in [4.69, 9.17) is 5.53 Å². The molecule has 0 fully saturated rings. The van der Waals surface area contributed by atoms with E-state index in [1.807, 2.05) is 7.05 Å². The highest BCUT2D eigenvalue weighted by atomic mass is 32.1. The third kappa shape index (κ3) is 1.96. The van der Waals surface area contributed by atoms with Gasteiger partial charge in [0, 0.05) is 18.4 Å². The molecule has 0 radical (unpaired) electrons. The minimum Gasteiger partial charge on any atom is -0.195 e.